The highest BCUT2D eigenvalue weighted by Gasteiger charge is 2.41. The first-order valence-electron chi connectivity index (χ1n) is 13.0. The number of amides is 1. The van der Waals surface area contributed by atoms with Crippen molar-refractivity contribution in [2.45, 2.75) is 71.0 Å². The molecule has 1 saturated heterocycles. The number of aromatic nitrogens is 2. The maximum Gasteiger partial charge on any atom is 0.226 e. The molecule has 1 saturated carbocycles. The molecule has 36 heavy (non-hydrogen) atoms. The van der Waals surface area contributed by atoms with Gasteiger partial charge in [-0.2, -0.15) is 0 Å². The zero-order valence-corrected chi connectivity index (χ0v) is 22.1. The Morgan fingerprint density at radius 3 is 2.58 bits per heavy atom. The lowest BCUT2D eigenvalue weighted by molar-refractivity contribution is -0.116. The molecule has 1 aliphatic carbocycles. The molecule has 2 unspecified atom stereocenters. The molecule has 2 aromatic heterocycles. The van der Waals surface area contributed by atoms with Gasteiger partial charge in [0.05, 0.1) is 17.8 Å². The van der Waals surface area contributed by atoms with Gasteiger partial charge in [0.15, 0.2) is 5.11 Å². The van der Waals surface area contributed by atoms with Crippen molar-refractivity contribution in [3.63, 3.8) is 0 Å². The minimum absolute atomic E-state index is 0.0106. The molecular formula is C29H35N5OS. The predicted octanol–water partition coefficient (Wildman–Crippen LogP) is 5.92. The smallest absolute Gasteiger partial charge is 0.226 e. The Balaban J connectivity index is 1.43. The van der Waals surface area contributed by atoms with E-state index in [0.717, 1.165) is 16.9 Å². The summed E-state index contributed by atoms with van der Waals surface area (Å²) in [6.07, 6.45) is 7.25. The van der Waals surface area contributed by atoms with Crippen LogP contribution in [0.25, 0.3) is 0 Å². The summed E-state index contributed by atoms with van der Waals surface area (Å²) < 4.78 is 2.53. The van der Waals surface area contributed by atoms with Crippen molar-refractivity contribution < 1.29 is 4.79 Å². The van der Waals surface area contributed by atoms with Crippen LogP contribution in [-0.2, 0) is 4.79 Å². The average molecular weight is 502 g/mol. The highest BCUT2D eigenvalue weighted by Crippen LogP contribution is 2.43. The fraction of sp³-hybridized carbons (Fsp3) is 0.414. The van der Waals surface area contributed by atoms with Gasteiger partial charge in [0.2, 0.25) is 5.91 Å². The third-order valence-electron chi connectivity index (χ3n) is 7.73. The van der Waals surface area contributed by atoms with Crippen molar-refractivity contribution in [2.75, 3.05) is 11.9 Å². The van der Waals surface area contributed by atoms with Crippen LogP contribution in [-0.4, -0.2) is 32.0 Å². The molecule has 2 atom stereocenters. The molecule has 1 aliphatic heterocycles. The first-order chi connectivity index (χ1) is 17.4. The second-order valence-electron chi connectivity index (χ2n) is 10.1. The van der Waals surface area contributed by atoms with Crippen molar-refractivity contribution in [2.24, 2.45) is 0 Å². The molecule has 3 heterocycles. The van der Waals surface area contributed by atoms with Gasteiger partial charge in [-0.3, -0.25) is 9.78 Å². The Labute approximate surface area is 219 Å². The van der Waals surface area contributed by atoms with Gasteiger partial charge < -0.3 is 20.1 Å². The number of carbonyl (C=O) groups excluding carboxylic acids is 1. The Bertz CT molecular complexity index is 1250. The SMILES string of the molecule is Cc1ccccc1NC(=O)CCN1C(=S)NC(c2ccccn2)C1c1cc(C)n(C2CCCC2)c1C. The zero-order chi connectivity index (χ0) is 25.2. The molecule has 0 radical (unpaired) electrons. The number of pyridine rings is 1. The van der Waals surface area contributed by atoms with E-state index in [4.69, 9.17) is 12.2 Å². The second-order valence-corrected chi connectivity index (χ2v) is 10.5. The third kappa shape index (κ3) is 4.76. The highest BCUT2D eigenvalue weighted by molar-refractivity contribution is 7.80. The summed E-state index contributed by atoms with van der Waals surface area (Å²) in [5.41, 5.74) is 6.73. The first-order valence-corrected chi connectivity index (χ1v) is 13.4. The van der Waals surface area contributed by atoms with Gasteiger partial charge in [0.1, 0.15) is 0 Å². The predicted molar refractivity (Wildman–Crippen MR) is 148 cm³/mol. The van der Waals surface area contributed by atoms with Crippen molar-refractivity contribution in [3.05, 3.63) is 82.9 Å². The van der Waals surface area contributed by atoms with E-state index in [9.17, 15) is 4.79 Å². The number of rotatable bonds is 7. The molecule has 1 amide bonds. The monoisotopic (exact) mass is 501 g/mol. The van der Waals surface area contributed by atoms with Crippen LogP contribution in [0.3, 0.4) is 0 Å². The van der Waals surface area contributed by atoms with E-state index in [0.29, 0.717) is 24.1 Å². The van der Waals surface area contributed by atoms with Crippen LogP contribution >= 0.6 is 12.2 Å². The van der Waals surface area contributed by atoms with Crippen LogP contribution in [0.1, 0.15) is 78.4 Å². The van der Waals surface area contributed by atoms with Crippen LogP contribution < -0.4 is 10.6 Å². The van der Waals surface area contributed by atoms with Crippen LogP contribution in [0, 0.1) is 20.8 Å². The Morgan fingerprint density at radius 1 is 1.11 bits per heavy atom. The Kier molecular flexibility index (Phi) is 7.10. The van der Waals surface area contributed by atoms with Gasteiger partial charge in [0, 0.05) is 42.3 Å². The minimum Gasteiger partial charge on any atom is -0.352 e. The molecular weight excluding hydrogens is 466 g/mol. The van der Waals surface area contributed by atoms with Crippen LogP contribution in [0.15, 0.2) is 54.7 Å². The molecule has 2 aliphatic rings. The number of anilines is 1. The first kappa shape index (κ1) is 24.5. The van der Waals surface area contributed by atoms with Gasteiger partial charge in [-0.1, -0.05) is 37.1 Å². The number of aryl methyl sites for hydroxylation is 2. The normalized spacial score (nSPS) is 20.1. The van der Waals surface area contributed by atoms with E-state index >= 15 is 0 Å². The highest BCUT2D eigenvalue weighted by atomic mass is 32.1. The lowest BCUT2D eigenvalue weighted by atomic mass is 9.96. The fourth-order valence-electron chi connectivity index (χ4n) is 5.96. The lowest BCUT2D eigenvalue weighted by Crippen LogP contribution is -2.33. The van der Waals surface area contributed by atoms with E-state index in [2.05, 4.69) is 51.1 Å². The van der Waals surface area contributed by atoms with Crippen molar-refractivity contribution in [1.82, 2.24) is 19.8 Å². The second kappa shape index (κ2) is 10.4. The number of thiocarbonyl (C=S) groups is 1. The summed E-state index contributed by atoms with van der Waals surface area (Å²) in [5.74, 6) is -0.0106. The van der Waals surface area contributed by atoms with Gasteiger partial charge in [0.25, 0.3) is 0 Å². The third-order valence-corrected chi connectivity index (χ3v) is 8.08. The number of benzene rings is 1. The maximum atomic E-state index is 12.9. The topological polar surface area (TPSA) is 62.2 Å². The minimum atomic E-state index is -0.0735. The molecule has 3 aromatic rings. The largest absolute Gasteiger partial charge is 0.352 e. The van der Waals surface area contributed by atoms with Gasteiger partial charge in [-0.05, 0) is 81.2 Å². The molecule has 2 fully saturated rings. The average Bonchev–Trinajstić information content (AvgIpc) is 3.58. The molecule has 5 rings (SSSR count). The van der Waals surface area contributed by atoms with E-state index in [-0.39, 0.29) is 18.0 Å². The number of hydrogen-bond acceptors (Lipinski definition) is 3. The number of nitrogens with zero attached hydrogens (tertiary/aromatic N) is 3. The fourth-order valence-corrected chi connectivity index (χ4v) is 6.29. The summed E-state index contributed by atoms with van der Waals surface area (Å²) in [7, 11) is 0. The Morgan fingerprint density at radius 2 is 1.86 bits per heavy atom. The number of para-hydroxylation sites is 1. The molecule has 1 aromatic carbocycles. The molecule has 6 nitrogen and oxygen atoms in total. The quantitative estimate of drug-likeness (QED) is 0.393. The van der Waals surface area contributed by atoms with Crippen LogP contribution in [0.2, 0.25) is 0 Å². The summed E-state index contributed by atoms with van der Waals surface area (Å²) in [6.45, 7) is 6.99. The maximum absolute atomic E-state index is 12.9. The van der Waals surface area contributed by atoms with Crippen molar-refractivity contribution in [3.8, 4) is 0 Å². The molecule has 7 heteroatoms. The van der Waals surface area contributed by atoms with Gasteiger partial charge >= 0.3 is 0 Å². The van der Waals surface area contributed by atoms with E-state index in [1.165, 1.54) is 42.6 Å². The summed E-state index contributed by atoms with van der Waals surface area (Å²) in [6, 6.07) is 16.7. The van der Waals surface area contributed by atoms with Crippen molar-refractivity contribution >= 4 is 28.9 Å². The standard InChI is InChI=1S/C29H35N5OS/c1-19-10-4-7-13-24(19)31-26(35)15-17-33-28(27(32-29(33)36)25-14-8-9-16-30-25)23-18-20(2)34(21(23)3)22-11-5-6-12-22/h4,7-10,13-14,16,18,22,27-28H,5-6,11-12,15,17H2,1-3H3,(H,31,35)(H,32,36). The van der Waals surface area contributed by atoms with Gasteiger partial charge in [-0.25, -0.2) is 0 Å². The Hall–Kier alpha value is -3.19. The molecule has 188 valence electrons. The number of carbonyl (C=O) groups is 1. The van der Waals surface area contributed by atoms with Crippen LogP contribution in [0.5, 0.6) is 0 Å². The summed E-state index contributed by atoms with van der Waals surface area (Å²) >= 11 is 5.84. The zero-order valence-electron chi connectivity index (χ0n) is 21.3. The number of nitrogens with one attached hydrogen (secondary N) is 2. The van der Waals surface area contributed by atoms with E-state index in [1.54, 1.807) is 0 Å². The molecule has 0 bridgehead atoms. The van der Waals surface area contributed by atoms with Crippen molar-refractivity contribution in [1.29, 1.82) is 0 Å². The molecule has 0 spiro atoms. The van der Waals surface area contributed by atoms with E-state index in [1.807, 2.05) is 49.5 Å². The summed E-state index contributed by atoms with van der Waals surface area (Å²) in [4.78, 5) is 19.8. The van der Waals surface area contributed by atoms with E-state index < -0.39 is 0 Å². The van der Waals surface area contributed by atoms with Gasteiger partial charge in [-0.15, -0.1) is 0 Å². The number of hydrogen-bond donors (Lipinski definition) is 2. The molecule has 2 N–H and O–H groups in total. The lowest BCUT2D eigenvalue weighted by Gasteiger charge is -2.28. The van der Waals surface area contributed by atoms with Crippen LogP contribution in [0.4, 0.5) is 5.69 Å². The summed E-state index contributed by atoms with van der Waals surface area (Å²) in [5, 5.41) is 7.26.